The highest BCUT2D eigenvalue weighted by atomic mass is 32.2. The maximum absolute atomic E-state index is 13.0. The second kappa shape index (κ2) is 9.00. The topological polar surface area (TPSA) is 115 Å². The predicted molar refractivity (Wildman–Crippen MR) is 111 cm³/mol. The van der Waals surface area contributed by atoms with E-state index < -0.39 is 40.9 Å². The van der Waals surface area contributed by atoms with Crippen molar-refractivity contribution in [2.45, 2.75) is 0 Å². The minimum atomic E-state index is -0.657. The number of amides is 3. The van der Waals surface area contributed by atoms with E-state index in [1.54, 1.807) is 0 Å². The van der Waals surface area contributed by atoms with Crippen LogP contribution in [-0.2, 0) is 9.59 Å². The zero-order valence-corrected chi connectivity index (χ0v) is 17.1. The molecule has 3 rings (SSSR count). The maximum atomic E-state index is 13.0. The van der Waals surface area contributed by atoms with Crippen molar-refractivity contribution in [1.29, 1.82) is 0 Å². The average molecular weight is 444 g/mol. The van der Waals surface area contributed by atoms with Crippen LogP contribution in [0.5, 0.6) is 11.5 Å². The normalized spacial score (nSPS) is 14.9. The number of phenolic OH excluding ortho intramolecular Hbond substituents is 2. The first-order valence-corrected chi connectivity index (χ1v) is 9.77. The number of ketones is 1. The third kappa shape index (κ3) is 5.10. The molecule has 0 bridgehead atoms. The van der Waals surface area contributed by atoms with Crippen LogP contribution < -0.4 is 0 Å². The molecule has 3 amide bonds. The number of rotatable bonds is 6. The van der Waals surface area contributed by atoms with Gasteiger partial charge in [0, 0.05) is 12.6 Å². The average Bonchev–Trinajstić information content (AvgIpc) is 2.98. The number of carbonyl (C=O) groups is 4. The van der Waals surface area contributed by atoms with Crippen LogP contribution >= 0.6 is 11.8 Å². The Bertz CT molecular complexity index is 1100. The Kier molecular flexibility index (Phi) is 6.40. The molecule has 0 unspecified atom stereocenters. The summed E-state index contributed by atoms with van der Waals surface area (Å²) in [6.07, 6.45) is 1.43. The van der Waals surface area contributed by atoms with Crippen LogP contribution in [0.25, 0.3) is 6.08 Å². The second-order valence-electron chi connectivity index (χ2n) is 6.70. The molecular weight excluding hydrogens is 427 g/mol. The van der Waals surface area contributed by atoms with Gasteiger partial charge < -0.3 is 15.1 Å². The van der Waals surface area contributed by atoms with Crippen molar-refractivity contribution < 1.29 is 33.8 Å². The largest absolute Gasteiger partial charge is 0.504 e. The Morgan fingerprint density at radius 3 is 2.42 bits per heavy atom. The number of halogens is 1. The molecule has 0 saturated carbocycles. The molecule has 2 aromatic carbocycles. The summed E-state index contributed by atoms with van der Waals surface area (Å²) >= 11 is 0.664. The molecule has 8 nitrogen and oxygen atoms in total. The molecule has 1 aliphatic rings. The van der Waals surface area contributed by atoms with Gasteiger partial charge in [0.15, 0.2) is 17.3 Å². The fourth-order valence-corrected chi connectivity index (χ4v) is 3.53. The molecule has 160 valence electrons. The van der Waals surface area contributed by atoms with Crippen LogP contribution in [0.3, 0.4) is 0 Å². The van der Waals surface area contributed by atoms with Crippen molar-refractivity contribution in [1.82, 2.24) is 9.80 Å². The zero-order valence-electron chi connectivity index (χ0n) is 16.2. The van der Waals surface area contributed by atoms with Crippen LogP contribution in [0, 0.1) is 5.82 Å². The van der Waals surface area contributed by atoms with E-state index in [-0.39, 0.29) is 22.8 Å². The van der Waals surface area contributed by atoms with E-state index in [4.69, 9.17) is 0 Å². The highest BCUT2D eigenvalue weighted by Gasteiger charge is 2.37. The molecule has 0 aromatic heterocycles. The molecule has 1 heterocycles. The number of hydrogen-bond acceptors (Lipinski definition) is 7. The van der Waals surface area contributed by atoms with Crippen molar-refractivity contribution in [2.24, 2.45) is 0 Å². The van der Waals surface area contributed by atoms with Gasteiger partial charge in [0.25, 0.3) is 11.1 Å². The summed E-state index contributed by atoms with van der Waals surface area (Å²) in [7, 11) is 1.34. The van der Waals surface area contributed by atoms with Crippen LogP contribution in [0.4, 0.5) is 9.18 Å². The SMILES string of the molecule is CN(CC(=O)c1ccc(O)c(O)c1)C(=O)CN1C(=O)S/C(=C\c2ccc(F)cc2)C1=O. The van der Waals surface area contributed by atoms with Gasteiger partial charge in [0.05, 0.1) is 11.4 Å². The van der Waals surface area contributed by atoms with Crippen LogP contribution in [0.15, 0.2) is 47.4 Å². The molecule has 1 fully saturated rings. The minimum absolute atomic E-state index is 0.0864. The van der Waals surface area contributed by atoms with Crippen molar-refractivity contribution in [3.05, 3.63) is 64.3 Å². The van der Waals surface area contributed by atoms with Crippen molar-refractivity contribution >= 4 is 40.7 Å². The lowest BCUT2D eigenvalue weighted by molar-refractivity contribution is -0.134. The van der Waals surface area contributed by atoms with E-state index in [0.29, 0.717) is 17.3 Å². The highest BCUT2D eigenvalue weighted by Crippen LogP contribution is 2.32. The molecular formula is C21H17FN2O6S. The first kappa shape index (κ1) is 22.0. The fraction of sp³-hybridized carbons (Fsp3) is 0.143. The summed E-state index contributed by atoms with van der Waals surface area (Å²) in [5.74, 6) is -3.08. The van der Waals surface area contributed by atoms with Crippen LogP contribution in [-0.4, -0.2) is 63.0 Å². The zero-order chi connectivity index (χ0) is 22.7. The first-order valence-electron chi connectivity index (χ1n) is 8.96. The summed E-state index contributed by atoms with van der Waals surface area (Å²) in [5.41, 5.74) is 0.612. The molecule has 1 aliphatic heterocycles. The smallest absolute Gasteiger partial charge is 0.294 e. The molecule has 0 spiro atoms. The number of thioether (sulfide) groups is 1. The number of phenols is 2. The molecule has 0 atom stereocenters. The van der Waals surface area contributed by atoms with Crippen molar-refractivity contribution in [3.63, 3.8) is 0 Å². The Labute approximate surface area is 180 Å². The van der Waals surface area contributed by atoms with E-state index >= 15 is 0 Å². The van der Waals surface area contributed by atoms with E-state index in [2.05, 4.69) is 0 Å². The van der Waals surface area contributed by atoms with Gasteiger partial charge in [0.2, 0.25) is 5.91 Å². The van der Waals surface area contributed by atoms with Crippen LogP contribution in [0.1, 0.15) is 15.9 Å². The second-order valence-corrected chi connectivity index (χ2v) is 7.69. The van der Waals surface area contributed by atoms with Gasteiger partial charge in [-0.1, -0.05) is 12.1 Å². The third-order valence-corrected chi connectivity index (χ3v) is 5.35. The first-order chi connectivity index (χ1) is 14.7. The minimum Gasteiger partial charge on any atom is -0.504 e. The summed E-state index contributed by atoms with van der Waals surface area (Å²) in [4.78, 5) is 51.4. The Morgan fingerprint density at radius 2 is 1.77 bits per heavy atom. The maximum Gasteiger partial charge on any atom is 0.294 e. The Balaban J connectivity index is 1.64. The number of benzene rings is 2. The summed E-state index contributed by atoms with van der Waals surface area (Å²) in [6, 6.07) is 8.87. The third-order valence-electron chi connectivity index (χ3n) is 4.44. The molecule has 2 N–H and O–H groups in total. The van der Waals surface area contributed by atoms with Crippen molar-refractivity contribution in [3.8, 4) is 11.5 Å². The van der Waals surface area contributed by atoms with Gasteiger partial charge in [-0.3, -0.25) is 24.1 Å². The summed E-state index contributed by atoms with van der Waals surface area (Å²) < 4.78 is 13.0. The lowest BCUT2D eigenvalue weighted by Gasteiger charge is -2.19. The molecule has 10 heteroatoms. The van der Waals surface area contributed by atoms with Gasteiger partial charge >= 0.3 is 0 Å². The van der Waals surface area contributed by atoms with E-state index in [1.807, 2.05) is 0 Å². The predicted octanol–water partition coefficient (Wildman–Crippen LogP) is 2.61. The monoisotopic (exact) mass is 444 g/mol. The van der Waals surface area contributed by atoms with E-state index in [9.17, 15) is 33.8 Å². The number of nitrogens with zero attached hydrogens (tertiary/aromatic N) is 2. The lowest BCUT2D eigenvalue weighted by atomic mass is 10.1. The molecule has 0 aliphatic carbocycles. The summed E-state index contributed by atoms with van der Waals surface area (Å²) in [5, 5.41) is 18.2. The molecule has 0 radical (unpaired) electrons. The summed E-state index contributed by atoms with van der Waals surface area (Å²) in [6.45, 7) is -0.902. The Morgan fingerprint density at radius 1 is 1.10 bits per heavy atom. The molecule has 31 heavy (non-hydrogen) atoms. The highest BCUT2D eigenvalue weighted by molar-refractivity contribution is 8.18. The quantitative estimate of drug-likeness (QED) is 0.400. The fourth-order valence-electron chi connectivity index (χ4n) is 2.69. The van der Waals surface area contributed by atoms with Crippen LogP contribution in [0.2, 0.25) is 0 Å². The standard InChI is InChI=1S/C21H17FN2O6S/c1-23(10-17(27)13-4-7-15(25)16(26)9-13)19(28)11-24-20(29)18(31-21(24)30)8-12-2-5-14(22)6-3-12/h2-9,25-26H,10-11H2,1H3/b18-8-. The number of imide groups is 1. The number of likely N-dealkylation sites (N-methyl/N-ethyl adjacent to an activating group) is 1. The van der Waals surface area contributed by atoms with Gasteiger partial charge in [-0.05, 0) is 53.7 Å². The van der Waals surface area contributed by atoms with E-state index in [1.165, 1.54) is 43.5 Å². The molecule has 1 saturated heterocycles. The number of Topliss-reactive ketones (excluding diaryl/α,β-unsaturated/α-hetero) is 1. The van der Waals surface area contributed by atoms with Gasteiger partial charge in [-0.25, -0.2) is 4.39 Å². The van der Waals surface area contributed by atoms with Gasteiger partial charge in [0.1, 0.15) is 12.4 Å². The van der Waals surface area contributed by atoms with Gasteiger partial charge in [-0.15, -0.1) is 0 Å². The number of carbonyl (C=O) groups excluding carboxylic acids is 4. The number of hydrogen-bond donors (Lipinski definition) is 2. The number of aromatic hydroxyl groups is 2. The van der Waals surface area contributed by atoms with Gasteiger partial charge in [-0.2, -0.15) is 0 Å². The lowest BCUT2D eigenvalue weighted by Crippen LogP contribution is -2.42. The molecule has 2 aromatic rings. The van der Waals surface area contributed by atoms with Crippen molar-refractivity contribution in [2.75, 3.05) is 20.1 Å². The van der Waals surface area contributed by atoms with E-state index in [0.717, 1.165) is 21.9 Å². The Hall–Kier alpha value is -3.66.